The zero-order valence-electron chi connectivity index (χ0n) is 11.9. The number of esters is 1. The molecular weight excluding hydrogens is 256 g/mol. The Labute approximate surface area is 118 Å². The average molecular weight is 274 g/mol. The lowest BCUT2D eigenvalue weighted by Gasteiger charge is -2.09. The van der Waals surface area contributed by atoms with E-state index < -0.39 is 5.97 Å². The van der Waals surface area contributed by atoms with Gasteiger partial charge in [0.25, 0.3) is 0 Å². The van der Waals surface area contributed by atoms with Crippen LogP contribution in [0.5, 0.6) is 5.75 Å². The summed E-state index contributed by atoms with van der Waals surface area (Å²) < 4.78 is 12.1. The molecule has 2 rings (SSSR count). The molecule has 0 saturated carbocycles. The van der Waals surface area contributed by atoms with Crippen LogP contribution < -0.4 is 4.74 Å². The van der Waals surface area contributed by atoms with Crippen LogP contribution in [0.4, 0.5) is 0 Å². The van der Waals surface area contributed by atoms with Crippen molar-refractivity contribution in [3.8, 4) is 17.0 Å². The SMILES string of the molecule is CCOC(=O)c1cc(-c2ccccc2OC)n(CC)n1. The second-order valence-corrected chi connectivity index (χ2v) is 4.15. The Morgan fingerprint density at radius 3 is 2.70 bits per heavy atom. The number of aryl methyl sites for hydroxylation is 1. The molecule has 0 amide bonds. The lowest BCUT2D eigenvalue weighted by atomic mass is 10.1. The van der Waals surface area contributed by atoms with Crippen LogP contribution in [-0.2, 0) is 11.3 Å². The van der Waals surface area contributed by atoms with Gasteiger partial charge in [-0.1, -0.05) is 12.1 Å². The largest absolute Gasteiger partial charge is 0.496 e. The lowest BCUT2D eigenvalue weighted by molar-refractivity contribution is 0.0518. The van der Waals surface area contributed by atoms with E-state index in [1.54, 1.807) is 24.8 Å². The summed E-state index contributed by atoms with van der Waals surface area (Å²) in [5.41, 5.74) is 2.06. The molecule has 0 bridgehead atoms. The standard InChI is InChI=1S/C15H18N2O3/c1-4-17-13(10-12(16-17)15(18)20-5-2)11-8-6-7-9-14(11)19-3/h6-10H,4-5H2,1-3H3. The van der Waals surface area contributed by atoms with Gasteiger partial charge in [-0.3, -0.25) is 4.68 Å². The second-order valence-electron chi connectivity index (χ2n) is 4.15. The van der Waals surface area contributed by atoms with Crippen molar-refractivity contribution in [3.63, 3.8) is 0 Å². The maximum absolute atomic E-state index is 11.8. The molecule has 5 nitrogen and oxygen atoms in total. The van der Waals surface area contributed by atoms with Crippen molar-refractivity contribution in [3.05, 3.63) is 36.0 Å². The Bertz CT molecular complexity index is 605. The Balaban J connectivity index is 2.48. The first-order valence-corrected chi connectivity index (χ1v) is 6.59. The van der Waals surface area contributed by atoms with E-state index in [9.17, 15) is 4.79 Å². The van der Waals surface area contributed by atoms with E-state index in [4.69, 9.17) is 9.47 Å². The molecule has 1 aromatic heterocycles. The van der Waals surface area contributed by atoms with E-state index in [1.165, 1.54) is 0 Å². The van der Waals surface area contributed by atoms with Gasteiger partial charge in [0, 0.05) is 12.1 Å². The normalized spacial score (nSPS) is 10.3. The number of rotatable bonds is 5. The molecule has 0 aliphatic carbocycles. The predicted octanol–water partition coefficient (Wildman–Crippen LogP) is 2.76. The summed E-state index contributed by atoms with van der Waals surface area (Å²) in [6.45, 7) is 4.74. The molecule has 2 aromatic rings. The molecule has 5 heteroatoms. The highest BCUT2D eigenvalue weighted by Gasteiger charge is 2.17. The maximum atomic E-state index is 11.8. The van der Waals surface area contributed by atoms with E-state index in [0.717, 1.165) is 17.0 Å². The van der Waals surface area contributed by atoms with Crippen molar-refractivity contribution in [1.29, 1.82) is 0 Å². The maximum Gasteiger partial charge on any atom is 0.358 e. The van der Waals surface area contributed by atoms with Gasteiger partial charge in [-0.2, -0.15) is 5.10 Å². The van der Waals surface area contributed by atoms with Crippen LogP contribution in [0.1, 0.15) is 24.3 Å². The molecule has 20 heavy (non-hydrogen) atoms. The predicted molar refractivity (Wildman–Crippen MR) is 75.8 cm³/mol. The van der Waals surface area contributed by atoms with Crippen LogP contribution in [0.15, 0.2) is 30.3 Å². The van der Waals surface area contributed by atoms with Crippen LogP contribution in [0.2, 0.25) is 0 Å². The lowest BCUT2D eigenvalue weighted by Crippen LogP contribution is -2.07. The summed E-state index contributed by atoms with van der Waals surface area (Å²) >= 11 is 0. The number of aromatic nitrogens is 2. The smallest absolute Gasteiger partial charge is 0.358 e. The van der Waals surface area contributed by atoms with Crippen LogP contribution in [0, 0.1) is 0 Å². The molecule has 0 aliphatic rings. The Kier molecular flexibility index (Phi) is 4.40. The van der Waals surface area contributed by atoms with Crippen molar-refractivity contribution in [2.75, 3.05) is 13.7 Å². The van der Waals surface area contributed by atoms with Crippen LogP contribution in [0.25, 0.3) is 11.3 Å². The molecule has 0 aliphatic heterocycles. The summed E-state index contributed by atoms with van der Waals surface area (Å²) in [6.07, 6.45) is 0. The molecule has 0 unspecified atom stereocenters. The minimum Gasteiger partial charge on any atom is -0.496 e. The third-order valence-electron chi connectivity index (χ3n) is 2.95. The van der Waals surface area contributed by atoms with Gasteiger partial charge in [-0.15, -0.1) is 0 Å². The third-order valence-corrected chi connectivity index (χ3v) is 2.95. The van der Waals surface area contributed by atoms with Gasteiger partial charge in [0.05, 0.1) is 19.4 Å². The van der Waals surface area contributed by atoms with Crippen molar-refractivity contribution in [2.45, 2.75) is 20.4 Å². The van der Waals surface area contributed by atoms with Gasteiger partial charge in [0.1, 0.15) is 5.75 Å². The van der Waals surface area contributed by atoms with E-state index in [1.807, 2.05) is 31.2 Å². The number of hydrogen-bond acceptors (Lipinski definition) is 4. The zero-order chi connectivity index (χ0) is 14.5. The van der Waals surface area contributed by atoms with Crippen LogP contribution in [-0.4, -0.2) is 29.5 Å². The number of benzene rings is 1. The minimum absolute atomic E-state index is 0.314. The van der Waals surface area contributed by atoms with Gasteiger partial charge < -0.3 is 9.47 Å². The van der Waals surface area contributed by atoms with Crippen molar-refractivity contribution < 1.29 is 14.3 Å². The van der Waals surface area contributed by atoms with Gasteiger partial charge in [-0.05, 0) is 32.0 Å². The number of ether oxygens (including phenoxy) is 2. The summed E-state index contributed by atoms with van der Waals surface area (Å²) in [5, 5.41) is 4.29. The van der Waals surface area contributed by atoms with Gasteiger partial charge in [-0.25, -0.2) is 4.79 Å². The number of para-hydroxylation sites is 1. The molecule has 1 heterocycles. The van der Waals surface area contributed by atoms with Crippen molar-refractivity contribution in [1.82, 2.24) is 9.78 Å². The molecule has 0 saturated heterocycles. The molecule has 0 atom stereocenters. The monoisotopic (exact) mass is 274 g/mol. The van der Waals surface area contributed by atoms with Crippen molar-refractivity contribution in [2.24, 2.45) is 0 Å². The Morgan fingerprint density at radius 2 is 2.05 bits per heavy atom. The fraction of sp³-hybridized carbons (Fsp3) is 0.333. The number of hydrogen-bond donors (Lipinski definition) is 0. The molecule has 0 N–H and O–H groups in total. The minimum atomic E-state index is -0.407. The first-order chi connectivity index (χ1) is 9.71. The van der Waals surface area contributed by atoms with E-state index in [2.05, 4.69) is 5.10 Å². The highest BCUT2D eigenvalue weighted by atomic mass is 16.5. The zero-order valence-corrected chi connectivity index (χ0v) is 11.9. The summed E-state index contributed by atoms with van der Waals surface area (Å²) in [6, 6.07) is 9.39. The first kappa shape index (κ1) is 14.1. The number of nitrogens with zero attached hydrogens (tertiary/aromatic N) is 2. The molecule has 106 valence electrons. The summed E-state index contributed by atoms with van der Waals surface area (Å²) in [7, 11) is 1.62. The first-order valence-electron chi connectivity index (χ1n) is 6.59. The Morgan fingerprint density at radius 1 is 1.30 bits per heavy atom. The quantitative estimate of drug-likeness (QED) is 0.787. The topological polar surface area (TPSA) is 53.4 Å². The van der Waals surface area contributed by atoms with Gasteiger partial charge in [0.2, 0.25) is 0 Å². The highest BCUT2D eigenvalue weighted by molar-refractivity contribution is 5.89. The molecule has 0 radical (unpaired) electrons. The molecule has 0 fully saturated rings. The van der Waals surface area contributed by atoms with E-state index >= 15 is 0 Å². The van der Waals surface area contributed by atoms with Gasteiger partial charge in [0.15, 0.2) is 5.69 Å². The third kappa shape index (κ3) is 2.66. The fourth-order valence-corrected chi connectivity index (χ4v) is 2.04. The van der Waals surface area contributed by atoms with E-state index in [-0.39, 0.29) is 0 Å². The highest BCUT2D eigenvalue weighted by Crippen LogP contribution is 2.30. The number of methoxy groups -OCH3 is 1. The fourth-order valence-electron chi connectivity index (χ4n) is 2.04. The van der Waals surface area contributed by atoms with Gasteiger partial charge >= 0.3 is 5.97 Å². The molecule has 0 spiro atoms. The summed E-state index contributed by atoms with van der Waals surface area (Å²) in [4.78, 5) is 11.8. The van der Waals surface area contributed by atoms with Crippen molar-refractivity contribution >= 4 is 5.97 Å². The van der Waals surface area contributed by atoms with Crippen LogP contribution >= 0.6 is 0 Å². The molecule has 1 aromatic carbocycles. The summed E-state index contributed by atoms with van der Waals surface area (Å²) in [5.74, 6) is 0.341. The molecular formula is C15H18N2O3. The Hall–Kier alpha value is -2.30. The number of carbonyl (C=O) groups excluding carboxylic acids is 1. The average Bonchev–Trinajstić information content (AvgIpc) is 2.91. The van der Waals surface area contributed by atoms with E-state index in [0.29, 0.717) is 18.8 Å². The second kappa shape index (κ2) is 6.23. The van der Waals surface area contributed by atoms with Crippen LogP contribution in [0.3, 0.4) is 0 Å². The number of carbonyl (C=O) groups is 1.